The van der Waals surface area contributed by atoms with Gasteiger partial charge in [-0.3, -0.25) is 9.69 Å². The molecule has 0 aliphatic carbocycles. The summed E-state index contributed by atoms with van der Waals surface area (Å²) >= 11 is 0. The average Bonchev–Trinajstić information content (AvgIpc) is 2.90. The first-order chi connectivity index (χ1) is 17.4. The minimum absolute atomic E-state index is 0.0358. The van der Waals surface area contributed by atoms with Crippen LogP contribution >= 0.6 is 0 Å². The molecule has 0 spiro atoms. The zero-order valence-corrected chi connectivity index (χ0v) is 21.1. The number of aromatic nitrogens is 1. The van der Waals surface area contributed by atoms with E-state index in [2.05, 4.69) is 47.8 Å². The number of pyridine rings is 1. The van der Waals surface area contributed by atoms with E-state index in [0.29, 0.717) is 30.1 Å². The smallest absolute Gasteiger partial charge is 0.259 e. The highest BCUT2D eigenvalue weighted by Crippen LogP contribution is 2.27. The van der Waals surface area contributed by atoms with Gasteiger partial charge >= 0.3 is 0 Å². The van der Waals surface area contributed by atoms with Crippen LogP contribution in [0.2, 0.25) is 0 Å². The number of carbonyl (C=O) groups is 1. The van der Waals surface area contributed by atoms with Gasteiger partial charge in [-0.05, 0) is 37.7 Å². The van der Waals surface area contributed by atoms with Crippen molar-refractivity contribution in [1.82, 2.24) is 14.8 Å². The van der Waals surface area contributed by atoms with Gasteiger partial charge in [-0.25, -0.2) is 4.98 Å². The first kappa shape index (κ1) is 25.4. The van der Waals surface area contributed by atoms with E-state index in [4.69, 9.17) is 4.74 Å². The second-order valence-corrected chi connectivity index (χ2v) is 9.50. The normalized spacial score (nSPS) is 18.4. The maximum atomic E-state index is 13.6. The minimum atomic E-state index is -0.326. The molecule has 6 nitrogen and oxygen atoms in total. The standard InChI is InChI=1S/C30H33N3O3/c1-22-18-33(23(2)21-34)30(35)27-16-26(15-14-24-10-6-4-7-11-24)17-31-29(27)36-28(22)20-32(3)19-25-12-8-5-9-13-25/h4-13,16-17,22-23,28,34H,18-21H2,1-3H3/t22-,23+,28-/m0/s1. The molecule has 36 heavy (non-hydrogen) atoms. The summed E-state index contributed by atoms with van der Waals surface area (Å²) in [5.41, 5.74) is 3.12. The van der Waals surface area contributed by atoms with Gasteiger partial charge in [0, 0.05) is 42.9 Å². The number of carbonyl (C=O) groups excluding carboxylic acids is 1. The molecule has 4 rings (SSSR count). The van der Waals surface area contributed by atoms with Gasteiger partial charge in [-0.2, -0.15) is 0 Å². The van der Waals surface area contributed by atoms with Crippen molar-refractivity contribution in [2.24, 2.45) is 5.92 Å². The van der Waals surface area contributed by atoms with Crippen LogP contribution in [0.3, 0.4) is 0 Å². The van der Waals surface area contributed by atoms with Crippen molar-refractivity contribution in [1.29, 1.82) is 0 Å². The predicted octanol–water partition coefficient (Wildman–Crippen LogP) is 3.83. The third kappa shape index (κ3) is 6.31. The number of nitrogens with zero attached hydrogens (tertiary/aromatic N) is 3. The average molecular weight is 484 g/mol. The van der Waals surface area contributed by atoms with Crippen LogP contribution in [-0.4, -0.2) is 64.7 Å². The number of benzene rings is 2. The number of aliphatic hydroxyl groups excluding tert-OH is 1. The molecule has 3 atom stereocenters. The number of fused-ring (bicyclic) bond motifs is 1. The van der Waals surface area contributed by atoms with Crippen LogP contribution in [0.1, 0.15) is 40.9 Å². The van der Waals surface area contributed by atoms with E-state index >= 15 is 0 Å². The van der Waals surface area contributed by atoms with Gasteiger partial charge in [0.1, 0.15) is 11.7 Å². The van der Waals surface area contributed by atoms with Crippen molar-refractivity contribution in [3.63, 3.8) is 0 Å². The number of likely N-dealkylation sites (N-methyl/N-ethyl adjacent to an activating group) is 1. The zero-order valence-electron chi connectivity index (χ0n) is 21.1. The molecule has 0 radical (unpaired) electrons. The highest BCUT2D eigenvalue weighted by atomic mass is 16.5. The van der Waals surface area contributed by atoms with E-state index in [1.54, 1.807) is 17.2 Å². The number of rotatable bonds is 6. The third-order valence-electron chi connectivity index (χ3n) is 6.43. The van der Waals surface area contributed by atoms with Crippen molar-refractivity contribution in [2.45, 2.75) is 32.5 Å². The van der Waals surface area contributed by atoms with Crippen molar-refractivity contribution >= 4 is 5.91 Å². The summed E-state index contributed by atoms with van der Waals surface area (Å²) in [5, 5.41) is 9.87. The fourth-order valence-electron chi connectivity index (χ4n) is 4.32. The van der Waals surface area contributed by atoms with Gasteiger partial charge in [0.15, 0.2) is 0 Å². The van der Waals surface area contributed by atoms with Crippen LogP contribution in [-0.2, 0) is 6.54 Å². The summed E-state index contributed by atoms with van der Waals surface area (Å²) in [6.07, 6.45) is 1.46. The van der Waals surface area contributed by atoms with Gasteiger partial charge in [-0.15, -0.1) is 0 Å². The van der Waals surface area contributed by atoms with Crippen LogP contribution in [0.25, 0.3) is 0 Å². The summed E-state index contributed by atoms with van der Waals surface area (Å²) in [5.74, 6) is 6.37. The monoisotopic (exact) mass is 483 g/mol. The Morgan fingerprint density at radius 1 is 1.11 bits per heavy atom. The van der Waals surface area contributed by atoms with Crippen LogP contribution in [0.4, 0.5) is 0 Å². The molecule has 0 bridgehead atoms. The Morgan fingerprint density at radius 3 is 2.47 bits per heavy atom. The molecule has 1 N–H and O–H groups in total. The summed E-state index contributed by atoms with van der Waals surface area (Å²) in [7, 11) is 2.07. The Balaban J connectivity index is 1.63. The molecule has 0 fully saturated rings. The Bertz CT molecular complexity index is 1220. The number of hydrogen-bond acceptors (Lipinski definition) is 5. The van der Waals surface area contributed by atoms with Gasteiger partial charge in [-0.1, -0.05) is 67.3 Å². The molecule has 2 aromatic carbocycles. The number of ether oxygens (including phenoxy) is 1. The lowest BCUT2D eigenvalue weighted by Gasteiger charge is -2.37. The fraction of sp³-hybridized carbons (Fsp3) is 0.333. The number of amides is 1. The van der Waals surface area contributed by atoms with Crippen LogP contribution in [0.15, 0.2) is 72.9 Å². The molecule has 1 aliphatic rings. The largest absolute Gasteiger partial charge is 0.472 e. The highest BCUT2D eigenvalue weighted by molar-refractivity contribution is 5.97. The molecule has 0 saturated carbocycles. The van der Waals surface area contributed by atoms with Crippen molar-refractivity contribution in [3.05, 3.63) is 95.2 Å². The molecule has 0 saturated heterocycles. The molecule has 2 heterocycles. The van der Waals surface area contributed by atoms with E-state index in [-0.39, 0.29) is 30.6 Å². The third-order valence-corrected chi connectivity index (χ3v) is 6.43. The lowest BCUT2D eigenvalue weighted by molar-refractivity contribution is 0.0325. The first-order valence-corrected chi connectivity index (χ1v) is 12.3. The second kappa shape index (κ2) is 11.9. The van der Waals surface area contributed by atoms with Crippen LogP contribution in [0.5, 0.6) is 5.88 Å². The topological polar surface area (TPSA) is 65.9 Å². The number of aliphatic hydroxyl groups is 1. The number of hydrogen-bond donors (Lipinski definition) is 1. The molecule has 0 unspecified atom stereocenters. The molecule has 6 heteroatoms. The summed E-state index contributed by atoms with van der Waals surface area (Å²) in [6.45, 7) is 5.75. The second-order valence-electron chi connectivity index (χ2n) is 9.50. The highest BCUT2D eigenvalue weighted by Gasteiger charge is 2.34. The van der Waals surface area contributed by atoms with E-state index < -0.39 is 0 Å². The predicted molar refractivity (Wildman–Crippen MR) is 141 cm³/mol. The SMILES string of the molecule is C[C@H](CO)N1C[C@H](C)[C@H](CN(C)Cc2ccccc2)Oc2ncc(C#Cc3ccccc3)cc2C1=O. The minimum Gasteiger partial charge on any atom is -0.472 e. The molecule has 1 aromatic heterocycles. The van der Waals surface area contributed by atoms with Crippen LogP contribution < -0.4 is 4.74 Å². The van der Waals surface area contributed by atoms with E-state index in [1.807, 2.05) is 55.5 Å². The van der Waals surface area contributed by atoms with E-state index in [9.17, 15) is 9.90 Å². The van der Waals surface area contributed by atoms with Crippen molar-refractivity contribution in [2.75, 3.05) is 26.7 Å². The van der Waals surface area contributed by atoms with Gasteiger partial charge in [0.25, 0.3) is 5.91 Å². The Labute approximate surface area is 213 Å². The lowest BCUT2D eigenvalue weighted by atomic mass is 9.99. The molecule has 3 aromatic rings. The summed E-state index contributed by atoms with van der Waals surface area (Å²) in [4.78, 5) is 22.0. The van der Waals surface area contributed by atoms with Crippen LogP contribution in [0, 0.1) is 17.8 Å². The van der Waals surface area contributed by atoms with Gasteiger partial charge in [0.2, 0.25) is 5.88 Å². The molecule has 1 aliphatic heterocycles. The van der Waals surface area contributed by atoms with Crippen molar-refractivity contribution < 1.29 is 14.6 Å². The first-order valence-electron chi connectivity index (χ1n) is 12.3. The van der Waals surface area contributed by atoms with E-state index in [0.717, 1.165) is 12.1 Å². The summed E-state index contributed by atoms with van der Waals surface area (Å²) in [6, 6.07) is 21.4. The molecular weight excluding hydrogens is 450 g/mol. The molecular formula is C30H33N3O3. The van der Waals surface area contributed by atoms with Crippen molar-refractivity contribution in [3.8, 4) is 17.7 Å². The maximum absolute atomic E-state index is 13.6. The Morgan fingerprint density at radius 2 is 1.78 bits per heavy atom. The van der Waals surface area contributed by atoms with Gasteiger partial charge in [0.05, 0.1) is 12.6 Å². The zero-order chi connectivity index (χ0) is 25.5. The fourth-order valence-corrected chi connectivity index (χ4v) is 4.32. The Hall–Kier alpha value is -3.66. The lowest BCUT2D eigenvalue weighted by Crippen LogP contribution is -2.49. The van der Waals surface area contributed by atoms with Gasteiger partial charge < -0.3 is 14.7 Å². The van der Waals surface area contributed by atoms with E-state index in [1.165, 1.54) is 5.56 Å². The maximum Gasteiger partial charge on any atom is 0.259 e. The molecule has 1 amide bonds. The molecule has 186 valence electrons. The quantitative estimate of drug-likeness (QED) is 0.540. The Kier molecular flexibility index (Phi) is 8.37. The summed E-state index contributed by atoms with van der Waals surface area (Å²) < 4.78 is 6.40.